The normalized spacial score (nSPS) is 10.7. The van der Waals surface area contributed by atoms with Crippen LogP contribution in [0.1, 0.15) is 10.4 Å². The van der Waals surface area contributed by atoms with E-state index in [0.717, 1.165) is 5.39 Å². The van der Waals surface area contributed by atoms with Gasteiger partial charge in [-0.15, -0.1) is 0 Å². The zero-order chi connectivity index (χ0) is 14.6. The molecule has 0 radical (unpaired) electrons. The summed E-state index contributed by atoms with van der Waals surface area (Å²) in [7, 11) is 0. The summed E-state index contributed by atoms with van der Waals surface area (Å²) < 4.78 is 31.7. The molecule has 9 heteroatoms. The molecule has 0 saturated heterocycles. The van der Waals surface area contributed by atoms with E-state index in [1.165, 1.54) is 0 Å². The molecule has 0 aliphatic carbocycles. The van der Waals surface area contributed by atoms with E-state index < -0.39 is 18.1 Å². The number of rotatable bonds is 1. The number of para-hydroxylation sites is 1. The molecule has 0 amide bonds. The number of carbonyl (C=O) groups is 2. The summed E-state index contributed by atoms with van der Waals surface area (Å²) in [6, 6.07) is 5.05. The van der Waals surface area contributed by atoms with Crippen molar-refractivity contribution in [3.05, 3.63) is 30.0 Å². The Labute approximate surface area is 103 Å². The van der Waals surface area contributed by atoms with Crippen LogP contribution in [-0.2, 0) is 4.79 Å². The molecule has 0 fully saturated rings. The molecule has 0 aliphatic heterocycles. The van der Waals surface area contributed by atoms with Gasteiger partial charge in [0.15, 0.2) is 0 Å². The SMILES string of the molecule is O=C(O)C(F)(F)F.O=C(O)c1cccc2cn[nH]c12. The number of halogens is 3. The maximum Gasteiger partial charge on any atom is 0.490 e. The average molecular weight is 276 g/mol. The molecular weight excluding hydrogens is 269 g/mol. The van der Waals surface area contributed by atoms with Crippen molar-refractivity contribution in [2.45, 2.75) is 6.18 Å². The highest BCUT2D eigenvalue weighted by atomic mass is 19.4. The zero-order valence-electron chi connectivity index (χ0n) is 9.10. The van der Waals surface area contributed by atoms with Crippen LogP contribution in [-0.4, -0.2) is 38.5 Å². The molecule has 1 aromatic heterocycles. The number of H-pyrrole nitrogens is 1. The van der Waals surface area contributed by atoms with Gasteiger partial charge in [0.1, 0.15) is 0 Å². The van der Waals surface area contributed by atoms with E-state index in [4.69, 9.17) is 15.0 Å². The Morgan fingerprint density at radius 3 is 2.26 bits per heavy atom. The van der Waals surface area contributed by atoms with Gasteiger partial charge in [0.25, 0.3) is 0 Å². The maximum atomic E-state index is 10.7. The largest absolute Gasteiger partial charge is 0.490 e. The quantitative estimate of drug-likeness (QED) is 0.738. The highest BCUT2D eigenvalue weighted by Crippen LogP contribution is 2.15. The van der Waals surface area contributed by atoms with Gasteiger partial charge in [-0.05, 0) is 6.07 Å². The molecule has 19 heavy (non-hydrogen) atoms. The van der Waals surface area contributed by atoms with Crippen LogP contribution in [0.3, 0.4) is 0 Å². The first kappa shape index (κ1) is 14.5. The zero-order valence-corrected chi connectivity index (χ0v) is 9.10. The van der Waals surface area contributed by atoms with E-state index in [1.54, 1.807) is 18.3 Å². The number of aromatic carboxylic acids is 1. The molecule has 0 atom stereocenters. The third-order valence-electron chi connectivity index (χ3n) is 1.95. The Hall–Kier alpha value is -2.58. The van der Waals surface area contributed by atoms with Crippen molar-refractivity contribution in [2.24, 2.45) is 0 Å². The fourth-order valence-corrected chi connectivity index (χ4v) is 1.15. The number of hydrogen-bond donors (Lipinski definition) is 3. The lowest BCUT2D eigenvalue weighted by atomic mass is 10.1. The Balaban J connectivity index is 0.000000224. The minimum Gasteiger partial charge on any atom is -0.478 e. The molecule has 0 aliphatic rings. The molecule has 6 nitrogen and oxygen atoms in total. The average Bonchev–Trinajstić information content (AvgIpc) is 2.75. The van der Waals surface area contributed by atoms with Gasteiger partial charge >= 0.3 is 18.1 Å². The van der Waals surface area contributed by atoms with Crippen molar-refractivity contribution in [3.8, 4) is 0 Å². The Morgan fingerprint density at radius 2 is 1.79 bits per heavy atom. The third-order valence-corrected chi connectivity index (χ3v) is 1.95. The van der Waals surface area contributed by atoms with Crippen LogP contribution in [0, 0.1) is 0 Å². The summed E-state index contributed by atoms with van der Waals surface area (Å²) in [6.45, 7) is 0. The smallest absolute Gasteiger partial charge is 0.478 e. The number of aliphatic carboxylic acids is 1. The van der Waals surface area contributed by atoms with E-state index in [0.29, 0.717) is 5.52 Å². The van der Waals surface area contributed by atoms with E-state index in [9.17, 15) is 18.0 Å². The monoisotopic (exact) mass is 276 g/mol. The number of fused-ring (bicyclic) bond motifs is 1. The van der Waals surface area contributed by atoms with Crippen LogP contribution in [0.15, 0.2) is 24.4 Å². The fourth-order valence-electron chi connectivity index (χ4n) is 1.15. The third kappa shape index (κ3) is 3.69. The predicted molar refractivity (Wildman–Crippen MR) is 56.7 cm³/mol. The van der Waals surface area contributed by atoms with Crippen LogP contribution in [0.2, 0.25) is 0 Å². The minimum absolute atomic E-state index is 0.255. The number of carboxylic acid groups (broad SMARTS) is 2. The molecule has 1 heterocycles. The predicted octanol–water partition coefficient (Wildman–Crippen LogP) is 1.89. The van der Waals surface area contributed by atoms with E-state index in [-0.39, 0.29) is 5.56 Å². The number of hydrogen-bond acceptors (Lipinski definition) is 3. The van der Waals surface area contributed by atoms with Gasteiger partial charge in [0, 0.05) is 5.39 Å². The Morgan fingerprint density at radius 1 is 1.21 bits per heavy atom. The summed E-state index contributed by atoms with van der Waals surface area (Å²) in [6.07, 6.45) is -3.48. The molecule has 2 aromatic rings. The van der Waals surface area contributed by atoms with Gasteiger partial charge in [0.2, 0.25) is 0 Å². The second kappa shape index (κ2) is 5.38. The van der Waals surface area contributed by atoms with Gasteiger partial charge in [-0.1, -0.05) is 12.1 Å². The Kier molecular flexibility index (Phi) is 4.10. The van der Waals surface area contributed by atoms with Crippen molar-refractivity contribution in [1.82, 2.24) is 10.2 Å². The highest BCUT2D eigenvalue weighted by Gasteiger charge is 2.38. The Bertz CT molecular complexity index is 606. The summed E-state index contributed by atoms with van der Waals surface area (Å²) in [5.74, 6) is -3.70. The summed E-state index contributed by atoms with van der Waals surface area (Å²) in [5, 5.41) is 23.1. The summed E-state index contributed by atoms with van der Waals surface area (Å²) >= 11 is 0. The van der Waals surface area contributed by atoms with Crippen LogP contribution in [0.4, 0.5) is 13.2 Å². The second-order valence-electron chi connectivity index (χ2n) is 3.25. The first-order valence-electron chi connectivity index (χ1n) is 4.69. The lowest BCUT2D eigenvalue weighted by molar-refractivity contribution is -0.192. The van der Waals surface area contributed by atoms with E-state index in [1.807, 2.05) is 6.07 Å². The topological polar surface area (TPSA) is 103 Å². The van der Waals surface area contributed by atoms with Crippen molar-refractivity contribution in [1.29, 1.82) is 0 Å². The number of benzene rings is 1. The van der Waals surface area contributed by atoms with Gasteiger partial charge < -0.3 is 10.2 Å². The van der Waals surface area contributed by atoms with Crippen molar-refractivity contribution in [3.63, 3.8) is 0 Å². The van der Waals surface area contributed by atoms with E-state index >= 15 is 0 Å². The molecule has 0 bridgehead atoms. The number of aromatic nitrogens is 2. The number of nitrogens with zero attached hydrogens (tertiary/aromatic N) is 1. The lowest BCUT2D eigenvalue weighted by Crippen LogP contribution is -2.21. The van der Waals surface area contributed by atoms with Crippen LogP contribution >= 0.6 is 0 Å². The van der Waals surface area contributed by atoms with Crippen molar-refractivity contribution < 1.29 is 33.0 Å². The first-order chi connectivity index (χ1) is 8.73. The summed E-state index contributed by atoms with van der Waals surface area (Å²) in [4.78, 5) is 19.6. The summed E-state index contributed by atoms with van der Waals surface area (Å²) in [5.41, 5.74) is 0.829. The van der Waals surface area contributed by atoms with Gasteiger partial charge in [-0.25, -0.2) is 9.59 Å². The van der Waals surface area contributed by atoms with Crippen LogP contribution < -0.4 is 0 Å². The van der Waals surface area contributed by atoms with Gasteiger partial charge in [-0.3, -0.25) is 5.10 Å². The van der Waals surface area contributed by atoms with Crippen LogP contribution in [0.25, 0.3) is 10.9 Å². The standard InChI is InChI=1S/C8H6N2O2.C2HF3O2/c11-8(12)6-3-1-2-5-4-9-10-7(5)6;3-2(4,5)1(6)7/h1-4H,(H,9,10)(H,11,12);(H,6,7). The van der Waals surface area contributed by atoms with Gasteiger partial charge in [0.05, 0.1) is 17.3 Å². The first-order valence-corrected chi connectivity index (χ1v) is 4.69. The van der Waals surface area contributed by atoms with Crippen LogP contribution in [0.5, 0.6) is 0 Å². The molecular formula is C10H7F3N2O4. The van der Waals surface area contributed by atoms with Gasteiger partial charge in [-0.2, -0.15) is 18.3 Å². The lowest BCUT2D eigenvalue weighted by Gasteiger charge is -1.93. The number of nitrogens with one attached hydrogen (secondary N) is 1. The molecule has 2 rings (SSSR count). The number of alkyl halides is 3. The molecule has 3 N–H and O–H groups in total. The maximum absolute atomic E-state index is 10.7. The minimum atomic E-state index is -5.08. The number of carboxylic acids is 2. The fraction of sp³-hybridized carbons (Fsp3) is 0.100. The molecule has 102 valence electrons. The highest BCUT2D eigenvalue weighted by molar-refractivity contribution is 6.01. The van der Waals surface area contributed by atoms with E-state index in [2.05, 4.69) is 10.2 Å². The van der Waals surface area contributed by atoms with Crippen molar-refractivity contribution >= 4 is 22.8 Å². The second-order valence-corrected chi connectivity index (χ2v) is 3.25. The molecule has 0 unspecified atom stereocenters. The molecule has 1 aromatic carbocycles. The molecule has 0 saturated carbocycles. The van der Waals surface area contributed by atoms with Crippen molar-refractivity contribution in [2.75, 3.05) is 0 Å². The molecule has 0 spiro atoms. The number of aromatic amines is 1.